The van der Waals surface area contributed by atoms with Gasteiger partial charge in [-0.25, -0.2) is 4.98 Å². The van der Waals surface area contributed by atoms with E-state index in [4.69, 9.17) is 20.6 Å². The van der Waals surface area contributed by atoms with Crippen molar-refractivity contribution in [3.8, 4) is 0 Å². The lowest BCUT2D eigenvalue weighted by atomic mass is 10.3. The normalized spacial score (nSPS) is 12.1. The van der Waals surface area contributed by atoms with Crippen molar-refractivity contribution in [2.75, 3.05) is 32.7 Å². The van der Waals surface area contributed by atoms with Gasteiger partial charge in [0, 0.05) is 20.8 Å². The van der Waals surface area contributed by atoms with E-state index in [0.717, 1.165) is 0 Å². The van der Waals surface area contributed by atoms with Gasteiger partial charge in [-0.1, -0.05) is 6.07 Å². The second-order valence-electron chi connectivity index (χ2n) is 3.52. The van der Waals surface area contributed by atoms with E-state index >= 15 is 0 Å². The van der Waals surface area contributed by atoms with Crippen LogP contribution in [0.3, 0.4) is 0 Å². The Morgan fingerprint density at radius 2 is 2.29 bits per heavy atom. The first-order valence-corrected chi connectivity index (χ1v) is 5.24. The van der Waals surface area contributed by atoms with Crippen molar-refractivity contribution < 1.29 is 9.47 Å². The third kappa shape index (κ3) is 4.38. The van der Waals surface area contributed by atoms with Crippen molar-refractivity contribution in [1.82, 2.24) is 4.98 Å². The summed E-state index contributed by atoms with van der Waals surface area (Å²) in [5.74, 6) is 0.615. The van der Waals surface area contributed by atoms with Crippen LogP contribution >= 0.6 is 0 Å². The number of pyridine rings is 1. The minimum atomic E-state index is -0.0474. The molecule has 0 saturated heterocycles. The lowest BCUT2D eigenvalue weighted by molar-refractivity contribution is 0.0365. The van der Waals surface area contributed by atoms with Gasteiger partial charge in [0.05, 0.1) is 12.7 Å². The lowest BCUT2D eigenvalue weighted by Crippen LogP contribution is -2.27. The SMILES string of the molecule is COCC(CNc1cccc(C(=N)N)n1)OC. The summed E-state index contributed by atoms with van der Waals surface area (Å²) in [6.45, 7) is 1.09. The van der Waals surface area contributed by atoms with E-state index in [1.54, 1.807) is 26.4 Å². The summed E-state index contributed by atoms with van der Waals surface area (Å²) >= 11 is 0. The van der Waals surface area contributed by atoms with Crippen molar-refractivity contribution in [1.29, 1.82) is 5.41 Å². The molecule has 1 heterocycles. The van der Waals surface area contributed by atoms with Gasteiger partial charge >= 0.3 is 0 Å². The smallest absolute Gasteiger partial charge is 0.141 e. The molecule has 1 aromatic heterocycles. The number of rotatable bonds is 7. The van der Waals surface area contributed by atoms with Crippen molar-refractivity contribution in [3.05, 3.63) is 23.9 Å². The lowest BCUT2D eigenvalue weighted by Gasteiger charge is -2.15. The second kappa shape index (κ2) is 6.82. The Morgan fingerprint density at radius 1 is 1.53 bits per heavy atom. The van der Waals surface area contributed by atoms with Crippen LogP contribution < -0.4 is 11.1 Å². The Kier molecular flexibility index (Phi) is 5.38. The second-order valence-corrected chi connectivity index (χ2v) is 3.52. The number of methoxy groups -OCH3 is 2. The molecule has 1 unspecified atom stereocenters. The standard InChI is InChI=1S/C11H18N4O2/c1-16-7-8(17-2)6-14-10-5-3-4-9(15-10)11(12)13/h3-5,8H,6-7H2,1-2H3,(H3,12,13)(H,14,15). The summed E-state index contributed by atoms with van der Waals surface area (Å²) in [5, 5.41) is 10.4. The quantitative estimate of drug-likeness (QED) is 0.473. The number of nitrogens with one attached hydrogen (secondary N) is 2. The molecule has 0 amide bonds. The summed E-state index contributed by atoms with van der Waals surface area (Å²) in [6, 6.07) is 5.30. The van der Waals surface area contributed by atoms with E-state index in [2.05, 4.69) is 10.3 Å². The Morgan fingerprint density at radius 3 is 2.88 bits per heavy atom. The number of hydrogen-bond acceptors (Lipinski definition) is 5. The Labute approximate surface area is 101 Å². The largest absolute Gasteiger partial charge is 0.382 e. The van der Waals surface area contributed by atoms with E-state index in [0.29, 0.717) is 24.7 Å². The zero-order valence-electron chi connectivity index (χ0n) is 10.1. The molecule has 1 rings (SSSR count). The summed E-state index contributed by atoms with van der Waals surface area (Å²) < 4.78 is 10.2. The number of aromatic nitrogens is 1. The van der Waals surface area contributed by atoms with Gasteiger partial charge in [-0.15, -0.1) is 0 Å². The number of anilines is 1. The van der Waals surface area contributed by atoms with E-state index < -0.39 is 0 Å². The molecule has 0 bridgehead atoms. The highest BCUT2D eigenvalue weighted by atomic mass is 16.5. The van der Waals surface area contributed by atoms with Crippen LogP contribution in [0, 0.1) is 5.41 Å². The third-order valence-electron chi connectivity index (χ3n) is 2.22. The van der Waals surface area contributed by atoms with Crippen molar-refractivity contribution >= 4 is 11.7 Å². The fourth-order valence-electron chi connectivity index (χ4n) is 1.30. The maximum atomic E-state index is 7.29. The minimum absolute atomic E-state index is 0.0391. The number of amidine groups is 1. The maximum absolute atomic E-state index is 7.29. The highest BCUT2D eigenvalue weighted by Crippen LogP contribution is 2.05. The molecule has 0 saturated carbocycles. The fraction of sp³-hybridized carbons (Fsp3) is 0.455. The van der Waals surface area contributed by atoms with E-state index in [1.165, 1.54) is 0 Å². The van der Waals surface area contributed by atoms with E-state index in [9.17, 15) is 0 Å². The molecule has 0 aliphatic rings. The third-order valence-corrected chi connectivity index (χ3v) is 2.22. The zero-order valence-corrected chi connectivity index (χ0v) is 10.1. The highest BCUT2D eigenvalue weighted by Gasteiger charge is 2.07. The van der Waals surface area contributed by atoms with Crippen molar-refractivity contribution in [2.24, 2.45) is 5.73 Å². The van der Waals surface area contributed by atoms with Gasteiger partial charge in [0.25, 0.3) is 0 Å². The van der Waals surface area contributed by atoms with Crippen molar-refractivity contribution in [2.45, 2.75) is 6.10 Å². The van der Waals surface area contributed by atoms with Crippen LogP contribution in [0.15, 0.2) is 18.2 Å². The Hall–Kier alpha value is -1.66. The molecule has 1 atom stereocenters. The summed E-state index contributed by atoms with van der Waals surface area (Å²) in [6.07, 6.45) is -0.0391. The number of nitrogen functional groups attached to an aromatic ring is 1. The maximum Gasteiger partial charge on any atom is 0.141 e. The predicted octanol–water partition coefficient (Wildman–Crippen LogP) is 0.439. The molecule has 0 aliphatic carbocycles. The molecule has 0 radical (unpaired) electrons. The van der Waals surface area contributed by atoms with Crippen LogP contribution in [0.25, 0.3) is 0 Å². The van der Waals surface area contributed by atoms with Crippen LogP contribution in [0.1, 0.15) is 5.69 Å². The number of ether oxygens (including phenoxy) is 2. The van der Waals surface area contributed by atoms with Gasteiger partial charge in [0.15, 0.2) is 0 Å². The first kappa shape index (κ1) is 13.4. The molecule has 0 fully saturated rings. The van der Waals surface area contributed by atoms with E-state index in [1.807, 2.05) is 6.07 Å². The molecule has 4 N–H and O–H groups in total. The number of nitrogens with zero attached hydrogens (tertiary/aromatic N) is 1. The number of nitrogens with two attached hydrogens (primary N) is 1. The molecule has 1 aromatic rings. The molecule has 6 nitrogen and oxygen atoms in total. The zero-order chi connectivity index (χ0) is 12.7. The molecule has 6 heteroatoms. The Bertz CT molecular complexity index is 370. The van der Waals surface area contributed by atoms with Gasteiger partial charge in [0.2, 0.25) is 0 Å². The molecule has 0 aliphatic heterocycles. The van der Waals surface area contributed by atoms with Crippen LogP contribution in [-0.2, 0) is 9.47 Å². The Balaban J connectivity index is 2.56. The summed E-state index contributed by atoms with van der Waals surface area (Å²) in [5.41, 5.74) is 5.82. The monoisotopic (exact) mass is 238 g/mol. The van der Waals surface area contributed by atoms with Crippen LogP contribution in [0.4, 0.5) is 5.82 Å². The average Bonchev–Trinajstić information content (AvgIpc) is 2.34. The summed E-state index contributed by atoms with van der Waals surface area (Å²) in [7, 11) is 3.26. The molecule has 94 valence electrons. The van der Waals surface area contributed by atoms with Crippen molar-refractivity contribution in [3.63, 3.8) is 0 Å². The average molecular weight is 238 g/mol. The van der Waals surface area contributed by atoms with Crippen LogP contribution in [0.2, 0.25) is 0 Å². The van der Waals surface area contributed by atoms with Crippen LogP contribution in [-0.4, -0.2) is 44.3 Å². The van der Waals surface area contributed by atoms with Crippen LogP contribution in [0.5, 0.6) is 0 Å². The first-order valence-electron chi connectivity index (χ1n) is 5.24. The fourth-order valence-corrected chi connectivity index (χ4v) is 1.30. The molecular weight excluding hydrogens is 220 g/mol. The minimum Gasteiger partial charge on any atom is -0.382 e. The van der Waals surface area contributed by atoms with Gasteiger partial charge in [-0.05, 0) is 12.1 Å². The molecule has 0 aromatic carbocycles. The molecule has 17 heavy (non-hydrogen) atoms. The van der Waals surface area contributed by atoms with Gasteiger partial charge in [-0.2, -0.15) is 0 Å². The summed E-state index contributed by atoms with van der Waals surface area (Å²) in [4.78, 5) is 4.18. The van der Waals surface area contributed by atoms with E-state index in [-0.39, 0.29) is 11.9 Å². The predicted molar refractivity (Wildman–Crippen MR) is 66.4 cm³/mol. The first-order chi connectivity index (χ1) is 8.17. The molecule has 0 spiro atoms. The van der Waals surface area contributed by atoms with Gasteiger partial charge < -0.3 is 20.5 Å². The van der Waals surface area contributed by atoms with Gasteiger partial charge in [-0.3, -0.25) is 5.41 Å². The molecular formula is C11H18N4O2. The van der Waals surface area contributed by atoms with Gasteiger partial charge in [0.1, 0.15) is 17.3 Å². The number of hydrogen-bond donors (Lipinski definition) is 3. The highest BCUT2D eigenvalue weighted by molar-refractivity contribution is 5.93. The topological polar surface area (TPSA) is 93.2 Å².